The van der Waals surface area contributed by atoms with E-state index < -0.39 is 0 Å². The van der Waals surface area contributed by atoms with Crippen molar-refractivity contribution in [2.24, 2.45) is 0 Å². The molecule has 0 unspecified atom stereocenters. The van der Waals surface area contributed by atoms with E-state index in [1.807, 2.05) is 19.1 Å². The first kappa shape index (κ1) is 10.9. The molecule has 0 saturated heterocycles. The van der Waals surface area contributed by atoms with Crippen LogP contribution in [0.25, 0.3) is 0 Å². The predicted molar refractivity (Wildman–Crippen MR) is 62.8 cm³/mol. The molecule has 84 valence electrons. The minimum atomic E-state index is -0.0217. The van der Waals surface area contributed by atoms with Crippen LogP contribution in [-0.2, 0) is 13.0 Å². The second-order valence-corrected chi connectivity index (χ2v) is 3.99. The van der Waals surface area contributed by atoms with Crippen LogP contribution >= 0.6 is 0 Å². The molecule has 3 nitrogen and oxygen atoms in total. The normalized spacial score (nSPS) is 15.4. The maximum Gasteiger partial charge on any atom is 0.251 e. The molecule has 1 heterocycles. The number of carbonyl (C=O) groups excluding carboxylic acids is 1. The highest BCUT2D eigenvalue weighted by Gasteiger charge is 2.19. The molecule has 1 aromatic rings. The zero-order valence-corrected chi connectivity index (χ0v) is 9.40. The number of nitrogens with zero attached hydrogens (tertiary/aromatic N) is 1. The molecule has 0 spiro atoms. The summed E-state index contributed by atoms with van der Waals surface area (Å²) >= 11 is 0. The summed E-state index contributed by atoms with van der Waals surface area (Å²) in [6.07, 6.45) is 6.13. The van der Waals surface area contributed by atoms with Gasteiger partial charge in [-0.3, -0.25) is 9.59 Å². The molecule has 3 heteroatoms. The van der Waals surface area contributed by atoms with E-state index in [4.69, 9.17) is 0 Å². The topological polar surface area (TPSA) is 39.1 Å². The molecule has 0 fully saturated rings. The minimum absolute atomic E-state index is 0.0217. The van der Waals surface area contributed by atoms with Crippen molar-refractivity contribution in [3.05, 3.63) is 45.9 Å². The van der Waals surface area contributed by atoms with Gasteiger partial charge >= 0.3 is 0 Å². The number of pyridine rings is 1. The fourth-order valence-electron chi connectivity index (χ4n) is 2.10. The van der Waals surface area contributed by atoms with Crippen LogP contribution in [0.5, 0.6) is 0 Å². The van der Waals surface area contributed by atoms with Gasteiger partial charge in [-0.2, -0.15) is 0 Å². The molecule has 1 aromatic heterocycles. The number of fused-ring (bicyclic) bond motifs is 1. The Kier molecular flexibility index (Phi) is 3.04. The number of aromatic nitrogens is 1. The lowest BCUT2D eigenvalue weighted by Gasteiger charge is -2.18. The van der Waals surface area contributed by atoms with Crippen LogP contribution in [0, 0.1) is 0 Å². The lowest BCUT2D eigenvalue weighted by atomic mass is 9.94. The maximum atomic E-state index is 11.7. The third kappa shape index (κ3) is 1.85. The van der Waals surface area contributed by atoms with E-state index in [1.54, 1.807) is 10.6 Å². The summed E-state index contributed by atoms with van der Waals surface area (Å²) in [6.45, 7) is 2.48. The van der Waals surface area contributed by atoms with Gasteiger partial charge < -0.3 is 4.57 Å². The molecule has 0 aromatic carbocycles. The third-order valence-corrected chi connectivity index (χ3v) is 2.94. The molecule has 0 radical (unpaired) electrons. The van der Waals surface area contributed by atoms with Crippen LogP contribution in [-0.4, -0.2) is 10.4 Å². The summed E-state index contributed by atoms with van der Waals surface area (Å²) in [7, 11) is 0. The number of Topliss-reactive ketones (excluding diaryl/α,β-unsaturated/α-hetero) is 1. The highest BCUT2D eigenvalue weighted by atomic mass is 16.1. The van der Waals surface area contributed by atoms with Gasteiger partial charge in [-0.15, -0.1) is 0 Å². The summed E-state index contributed by atoms with van der Waals surface area (Å²) in [5.74, 6) is 0.162. The Morgan fingerprint density at radius 3 is 2.88 bits per heavy atom. The standard InChI is InChI=1S/C13H15NO2/c1-2-3-9-14-11-5-4-6-12(15)10(11)7-8-13(14)16/h2-3,7-8H,4-6,9H2,1H3/b3-2+. The van der Waals surface area contributed by atoms with E-state index >= 15 is 0 Å². The van der Waals surface area contributed by atoms with Crippen molar-refractivity contribution in [1.29, 1.82) is 0 Å². The molecule has 0 amide bonds. The van der Waals surface area contributed by atoms with Crippen molar-refractivity contribution in [2.45, 2.75) is 32.7 Å². The molecule has 0 N–H and O–H groups in total. The monoisotopic (exact) mass is 217 g/mol. The molecule has 2 rings (SSSR count). The molecule has 1 aliphatic carbocycles. The molecule has 1 aliphatic rings. The minimum Gasteiger partial charge on any atom is -0.308 e. The third-order valence-electron chi connectivity index (χ3n) is 2.94. The highest BCUT2D eigenvalue weighted by molar-refractivity contribution is 5.97. The number of ketones is 1. The SMILES string of the molecule is C/C=C/Cn1c2c(ccc1=O)C(=O)CCC2. The largest absolute Gasteiger partial charge is 0.308 e. The number of hydrogen-bond acceptors (Lipinski definition) is 2. The van der Waals surface area contributed by atoms with Crippen LogP contribution in [0.15, 0.2) is 29.1 Å². The lowest BCUT2D eigenvalue weighted by Crippen LogP contribution is -2.27. The first-order valence-electron chi connectivity index (χ1n) is 5.61. The summed E-state index contributed by atoms with van der Waals surface area (Å²) in [5, 5.41) is 0. The van der Waals surface area contributed by atoms with Gasteiger partial charge in [0.15, 0.2) is 5.78 Å². The first-order valence-corrected chi connectivity index (χ1v) is 5.61. The fraction of sp³-hybridized carbons (Fsp3) is 0.385. The van der Waals surface area contributed by atoms with Gasteiger partial charge in [0.25, 0.3) is 5.56 Å². The van der Waals surface area contributed by atoms with E-state index in [9.17, 15) is 9.59 Å². The average Bonchev–Trinajstić information content (AvgIpc) is 2.28. The van der Waals surface area contributed by atoms with Crippen LogP contribution < -0.4 is 5.56 Å². The van der Waals surface area contributed by atoms with E-state index in [0.29, 0.717) is 13.0 Å². The van der Waals surface area contributed by atoms with Crippen molar-refractivity contribution < 1.29 is 4.79 Å². The van der Waals surface area contributed by atoms with Gasteiger partial charge in [0.1, 0.15) is 0 Å². The van der Waals surface area contributed by atoms with Gasteiger partial charge in [0, 0.05) is 30.3 Å². The molecule has 16 heavy (non-hydrogen) atoms. The maximum absolute atomic E-state index is 11.7. The van der Waals surface area contributed by atoms with Gasteiger partial charge in [-0.1, -0.05) is 12.2 Å². The van der Waals surface area contributed by atoms with Crippen molar-refractivity contribution >= 4 is 5.78 Å². The Balaban J connectivity index is 2.54. The zero-order chi connectivity index (χ0) is 11.5. The molecular weight excluding hydrogens is 202 g/mol. The van der Waals surface area contributed by atoms with Gasteiger partial charge in [-0.05, 0) is 25.8 Å². The molecule has 0 bridgehead atoms. The Morgan fingerprint density at radius 2 is 2.12 bits per heavy atom. The second-order valence-electron chi connectivity index (χ2n) is 3.99. The van der Waals surface area contributed by atoms with Crippen LogP contribution in [0.3, 0.4) is 0 Å². The summed E-state index contributed by atoms with van der Waals surface area (Å²) < 4.78 is 1.70. The van der Waals surface area contributed by atoms with Gasteiger partial charge in [0.05, 0.1) is 0 Å². The van der Waals surface area contributed by atoms with Gasteiger partial charge in [0.2, 0.25) is 0 Å². The molecular formula is C13H15NO2. The highest BCUT2D eigenvalue weighted by Crippen LogP contribution is 2.19. The number of hydrogen-bond donors (Lipinski definition) is 0. The lowest BCUT2D eigenvalue weighted by molar-refractivity contribution is 0.0970. The van der Waals surface area contributed by atoms with Crippen molar-refractivity contribution in [2.75, 3.05) is 0 Å². The number of rotatable bonds is 2. The van der Waals surface area contributed by atoms with E-state index in [2.05, 4.69) is 0 Å². The van der Waals surface area contributed by atoms with Crippen molar-refractivity contribution in [3.8, 4) is 0 Å². The quantitative estimate of drug-likeness (QED) is 0.710. The van der Waals surface area contributed by atoms with E-state index in [0.717, 1.165) is 24.1 Å². The average molecular weight is 217 g/mol. The summed E-state index contributed by atoms with van der Waals surface area (Å²) in [5.41, 5.74) is 1.61. The van der Waals surface area contributed by atoms with Crippen LogP contribution in [0.1, 0.15) is 35.8 Å². The Morgan fingerprint density at radius 1 is 1.31 bits per heavy atom. The van der Waals surface area contributed by atoms with Crippen LogP contribution in [0.2, 0.25) is 0 Å². The summed E-state index contributed by atoms with van der Waals surface area (Å²) in [4.78, 5) is 23.4. The zero-order valence-electron chi connectivity index (χ0n) is 9.40. The van der Waals surface area contributed by atoms with Crippen molar-refractivity contribution in [1.82, 2.24) is 4.57 Å². The fourth-order valence-corrected chi connectivity index (χ4v) is 2.10. The van der Waals surface area contributed by atoms with E-state index in [1.165, 1.54) is 6.07 Å². The first-order chi connectivity index (χ1) is 7.74. The van der Waals surface area contributed by atoms with Crippen LogP contribution in [0.4, 0.5) is 0 Å². The predicted octanol–water partition coefficient (Wildman–Crippen LogP) is 1.94. The number of allylic oxidation sites excluding steroid dienone is 2. The molecule has 0 atom stereocenters. The second kappa shape index (κ2) is 4.47. The van der Waals surface area contributed by atoms with E-state index in [-0.39, 0.29) is 11.3 Å². The smallest absolute Gasteiger partial charge is 0.251 e. The van der Waals surface area contributed by atoms with Gasteiger partial charge in [-0.25, -0.2) is 0 Å². The molecule has 0 saturated carbocycles. The summed E-state index contributed by atoms with van der Waals surface area (Å²) in [6, 6.07) is 3.16. The Bertz CT molecular complexity index is 497. The number of carbonyl (C=O) groups is 1. The van der Waals surface area contributed by atoms with Crippen molar-refractivity contribution in [3.63, 3.8) is 0 Å². The Labute approximate surface area is 94.4 Å². The Hall–Kier alpha value is -1.64. The molecule has 0 aliphatic heterocycles.